The number of aryl methyl sites for hydroxylation is 1. The van der Waals surface area contributed by atoms with Gasteiger partial charge < -0.3 is 5.32 Å². The van der Waals surface area contributed by atoms with E-state index in [0.29, 0.717) is 18.5 Å². The first-order valence-electron chi connectivity index (χ1n) is 6.65. The summed E-state index contributed by atoms with van der Waals surface area (Å²) in [4.78, 5) is 16.4. The molecule has 1 aromatic carbocycles. The predicted molar refractivity (Wildman–Crippen MR) is 85.6 cm³/mol. The van der Waals surface area contributed by atoms with Gasteiger partial charge in [-0.2, -0.15) is 0 Å². The molecule has 0 aliphatic carbocycles. The molecule has 0 saturated carbocycles. The number of carbonyl (C=O) groups excluding carboxylic acids is 1. The van der Waals surface area contributed by atoms with Crippen LogP contribution in [0.1, 0.15) is 21.1 Å². The van der Waals surface area contributed by atoms with Gasteiger partial charge in [-0.3, -0.25) is 4.79 Å². The number of rotatable bonds is 6. The minimum Gasteiger partial charge on any atom is -0.352 e. The quantitative estimate of drug-likeness (QED) is 0.831. The highest BCUT2D eigenvalue weighted by Gasteiger charge is 2.14. The van der Waals surface area contributed by atoms with Crippen LogP contribution < -0.4 is 10.0 Å². The molecule has 0 saturated heterocycles. The summed E-state index contributed by atoms with van der Waals surface area (Å²) in [5.41, 5.74) is 1.25. The summed E-state index contributed by atoms with van der Waals surface area (Å²) < 4.78 is 25.7. The van der Waals surface area contributed by atoms with Gasteiger partial charge in [0, 0.05) is 23.9 Å². The molecule has 1 amide bonds. The lowest BCUT2D eigenvalue weighted by molar-refractivity contribution is 0.0954. The third-order valence-corrected chi connectivity index (χ3v) is 5.24. The fraction of sp³-hybridized carbons (Fsp3) is 0.286. The number of nitrogens with zero attached hydrogens (tertiary/aromatic N) is 1. The first-order valence-corrected chi connectivity index (χ1v) is 9.01. The van der Waals surface area contributed by atoms with Crippen molar-refractivity contribution >= 4 is 27.3 Å². The molecule has 0 aliphatic rings. The fourth-order valence-electron chi connectivity index (χ4n) is 1.85. The van der Waals surface area contributed by atoms with Gasteiger partial charge in [-0.05, 0) is 32.2 Å². The van der Waals surface area contributed by atoms with Crippen LogP contribution in [-0.4, -0.2) is 32.9 Å². The summed E-state index contributed by atoms with van der Waals surface area (Å²) in [6.45, 7) is 2.38. The van der Waals surface area contributed by atoms with E-state index in [4.69, 9.17) is 0 Å². The third-order valence-electron chi connectivity index (χ3n) is 3.01. The molecule has 6 nitrogen and oxygen atoms in total. The lowest BCUT2D eigenvalue weighted by Crippen LogP contribution is -2.26. The van der Waals surface area contributed by atoms with Crippen LogP contribution in [0.2, 0.25) is 0 Å². The highest BCUT2D eigenvalue weighted by molar-refractivity contribution is 7.89. The monoisotopic (exact) mass is 339 g/mol. The van der Waals surface area contributed by atoms with Crippen LogP contribution in [0.15, 0.2) is 34.5 Å². The van der Waals surface area contributed by atoms with Gasteiger partial charge in [-0.15, -0.1) is 11.3 Å². The minimum absolute atomic E-state index is 0.0674. The molecule has 0 radical (unpaired) electrons. The summed E-state index contributed by atoms with van der Waals surface area (Å²) in [7, 11) is -2.22. The van der Waals surface area contributed by atoms with Crippen LogP contribution >= 0.6 is 11.3 Å². The topological polar surface area (TPSA) is 88.2 Å². The Morgan fingerprint density at radius 2 is 2.14 bits per heavy atom. The van der Waals surface area contributed by atoms with Gasteiger partial charge in [0.05, 0.1) is 15.6 Å². The van der Waals surface area contributed by atoms with Crippen molar-refractivity contribution in [3.8, 4) is 0 Å². The van der Waals surface area contributed by atoms with Gasteiger partial charge in [0.1, 0.15) is 0 Å². The minimum atomic E-state index is -3.55. The Labute approximate surface area is 133 Å². The van der Waals surface area contributed by atoms with Crippen molar-refractivity contribution in [1.29, 1.82) is 0 Å². The van der Waals surface area contributed by atoms with Crippen LogP contribution in [0.4, 0.5) is 0 Å². The number of thiazole rings is 1. The van der Waals surface area contributed by atoms with E-state index in [0.717, 1.165) is 10.7 Å². The Morgan fingerprint density at radius 3 is 2.77 bits per heavy atom. The SMILES string of the molecule is CNS(=O)(=O)c1cccc(C(=O)NCCc2csc(C)n2)c1. The Balaban J connectivity index is 1.99. The molecule has 22 heavy (non-hydrogen) atoms. The average molecular weight is 339 g/mol. The van der Waals surface area contributed by atoms with Crippen molar-refractivity contribution in [1.82, 2.24) is 15.0 Å². The summed E-state index contributed by atoms with van der Waals surface area (Å²) >= 11 is 1.57. The summed E-state index contributed by atoms with van der Waals surface area (Å²) in [6.07, 6.45) is 0.643. The number of sulfonamides is 1. The van der Waals surface area contributed by atoms with Crippen LogP contribution in [-0.2, 0) is 16.4 Å². The van der Waals surface area contributed by atoms with Gasteiger partial charge in [-0.1, -0.05) is 6.07 Å². The third kappa shape index (κ3) is 4.12. The number of aromatic nitrogens is 1. The largest absolute Gasteiger partial charge is 0.352 e. The van der Waals surface area contributed by atoms with Gasteiger partial charge in [-0.25, -0.2) is 18.1 Å². The molecule has 0 aliphatic heterocycles. The summed E-state index contributed by atoms with van der Waals surface area (Å²) in [6, 6.07) is 5.93. The zero-order valence-electron chi connectivity index (χ0n) is 12.3. The molecule has 1 heterocycles. The Bertz CT molecular complexity index is 769. The number of hydrogen-bond acceptors (Lipinski definition) is 5. The first kappa shape index (κ1) is 16.6. The lowest BCUT2D eigenvalue weighted by Gasteiger charge is -2.07. The molecule has 2 aromatic rings. The molecule has 0 bridgehead atoms. The zero-order chi connectivity index (χ0) is 16.2. The molecule has 0 atom stereocenters. The van der Waals surface area contributed by atoms with Crippen molar-refractivity contribution in [2.24, 2.45) is 0 Å². The van der Waals surface area contributed by atoms with Crippen molar-refractivity contribution < 1.29 is 13.2 Å². The molecule has 0 fully saturated rings. The molecule has 0 unspecified atom stereocenters. The highest BCUT2D eigenvalue weighted by atomic mass is 32.2. The van der Waals surface area contributed by atoms with Crippen LogP contribution in [0.3, 0.4) is 0 Å². The maximum atomic E-state index is 12.1. The molecule has 1 aromatic heterocycles. The van der Waals surface area contributed by atoms with Gasteiger partial charge in [0.25, 0.3) is 5.91 Å². The van der Waals surface area contributed by atoms with E-state index < -0.39 is 10.0 Å². The van der Waals surface area contributed by atoms with Crippen molar-refractivity contribution in [3.63, 3.8) is 0 Å². The predicted octanol–water partition coefficient (Wildman–Crippen LogP) is 1.33. The normalized spacial score (nSPS) is 11.4. The van der Waals surface area contributed by atoms with E-state index >= 15 is 0 Å². The van der Waals surface area contributed by atoms with E-state index in [2.05, 4.69) is 15.0 Å². The molecular formula is C14H17N3O3S2. The highest BCUT2D eigenvalue weighted by Crippen LogP contribution is 2.11. The van der Waals surface area contributed by atoms with Crippen molar-refractivity contribution in [2.75, 3.05) is 13.6 Å². The van der Waals surface area contributed by atoms with Crippen LogP contribution in [0.5, 0.6) is 0 Å². The molecular weight excluding hydrogens is 322 g/mol. The van der Waals surface area contributed by atoms with E-state index in [1.807, 2.05) is 12.3 Å². The second-order valence-electron chi connectivity index (χ2n) is 4.60. The van der Waals surface area contributed by atoms with E-state index in [1.165, 1.54) is 19.2 Å². The molecule has 118 valence electrons. The fourth-order valence-corrected chi connectivity index (χ4v) is 3.27. The van der Waals surface area contributed by atoms with Crippen LogP contribution in [0, 0.1) is 6.92 Å². The number of amides is 1. The maximum absolute atomic E-state index is 12.1. The average Bonchev–Trinajstić information content (AvgIpc) is 2.92. The summed E-state index contributed by atoms with van der Waals surface area (Å²) in [5.74, 6) is -0.305. The lowest BCUT2D eigenvalue weighted by atomic mass is 10.2. The Hall–Kier alpha value is -1.77. The Kier molecular flexibility index (Phi) is 5.28. The van der Waals surface area contributed by atoms with Gasteiger partial charge in [0.2, 0.25) is 10.0 Å². The molecule has 8 heteroatoms. The van der Waals surface area contributed by atoms with Crippen molar-refractivity contribution in [3.05, 3.63) is 45.9 Å². The second kappa shape index (κ2) is 6.99. The molecule has 0 spiro atoms. The van der Waals surface area contributed by atoms with E-state index in [-0.39, 0.29) is 10.8 Å². The number of nitrogens with one attached hydrogen (secondary N) is 2. The van der Waals surface area contributed by atoms with Gasteiger partial charge in [0.15, 0.2) is 0 Å². The summed E-state index contributed by atoms with van der Waals surface area (Å²) in [5, 5.41) is 5.72. The zero-order valence-corrected chi connectivity index (χ0v) is 13.9. The molecule has 2 N–H and O–H groups in total. The smallest absolute Gasteiger partial charge is 0.251 e. The molecule has 2 rings (SSSR count). The van der Waals surface area contributed by atoms with Crippen molar-refractivity contribution in [2.45, 2.75) is 18.2 Å². The standard InChI is InChI=1S/C14H17N3O3S2/c1-10-17-12(9-21-10)6-7-16-14(18)11-4-3-5-13(8-11)22(19,20)15-2/h3-5,8-9,15H,6-7H2,1-2H3,(H,16,18). The number of hydrogen-bond donors (Lipinski definition) is 2. The number of carbonyl (C=O) groups is 1. The first-order chi connectivity index (χ1) is 10.4. The second-order valence-corrected chi connectivity index (χ2v) is 7.55. The Morgan fingerprint density at radius 1 is 1.36 bits per heavy atom. The maximum Gasteiger partial charge on any atom is 0.251 e. The number of benzene rings is 1. The van der Waals surface area contributed by atoms with Crippen LogP contribution in [0.25, 0.3) is 0 Å². The van der Waals surface area contributed by atoms with E-state index in [9.17, 15) is 13.2 Å². The van der Waals surface area contributed by atoms with E-state index in [1.54, 1.807) is 23.5 Å². The van der Waals surface area contributed by atoms with Gasteiger partial charge >= 0.3 is 0 Å².